The number of hydrogen-bond donors (Lipinski definition) is 7. The molecule has 0 fully saturated rings. The second kappa shape index (κ2) is 15.2. The third-order valence-electron chi connectivity index (χ3n) is 5.28. The Morgan fingerprint density at radius 1 is 0.838 bits per heavy atom. The fourth-order valence-electron chi connectivity index (χ4n) is 3.41. The number of hydrogen-bond acceptors (Lipinski definition) is 7. The van der Waals surface area contributed by atoms with E-state index >= 15 is 0 Å². The lowest BCUT2D eigenvalue weighted by Crippen LogP contribution is -2.57. The Kier molecular flexibility index (Phi) is 12.7. The van der Waals surface area contributed by atoms with Crippen LogP contribution in [-0.2, 0) is 35.2 Å². The Morgan fingerprint density at radius 3 is 1.89 bits per heavy atom. The lowest BCUT2D eigenvalue weighted by atomic mass is 10.0. The maximum atomic E-state index is 12.9. The van der Waals surface area contributed by atoms with E-state index in [9.17, 15) is 39.0 Å². The van der Waals surface area contributed by atoms with Gasteiger partial charge in [0.05, 0.1) is 12.5 Å². The lowest BCUT2D eigenvalue weighted by molar-refractivity contribution is -0.143. The van der Waals surface area contributed by atoms with Gasteiger partial charge in [0, 0.05) is 6.42 Å². The van der Waals surface area contributed by atoms with Crippen LogP contribution in [0.2, 0.25) is 0 Å². The van der Waals surface area contributed by atoms with Crippen LogP contribution in [-0.4, -0.2) is 69.9 Å². The fourth-order valence-corrected chi connectivity index (χ4v) is 3.41. The third kappa shape index (κ3) is 12.0. The summed E-state index contributed by atoms with van der Waals surface area (Å²) in [5.41, 5.74) is 11.7. The number of aliphatic carboxylic acids is 2. The van der Waals surface area contributed by atoms with Crippen LogP contribution in [0, 0.1) is 5.92 Å². The topological polar surface area (TPSA) is 231 Å². The van der Waals surface area contributed by atoms with Crippen LogP contribution in [0.25, 0.3) is 0 Å². The van der Waals surface area contributed by atoms with Crippen molar-refractivity contribution in [1.82, 2.24) is 16.0 Å². The summed E-state index contributed by atoms with van der Waals surface area (Å²) in [5, 5.41) is 25.6. The minimum Gasteiger partial charge on any atom is -0.481 e. The van der Waals surface area contributed by atoms with Gasteiger partial charge in [-0.3, -0.25) is 24.0 Å². The van der Waals surface area contributed by atoms with Crippen molar-refractivity contribution in [2.45, 2.75) is 70.1 Å². The molecule has 9 N–H and O–H groups in total. The van der Waals surface area contributed by atoms with Gasteiger partial charge in [0.1, 0.15) is 18.1 Å². The van der Waals surface area contributed by atoms with E-state index in [1.54, 1.807) is 44.2 Å². The molecule has 0 aliphatic rings. The quantitative estimate of drug-likeness (QED) is 0.139. The molecule has 1 rings (SSSR count). The summed E-state index contributed by atoms with van der Waals surface area (Å²) >= 11 is 0. The SMILES string of the molecule is CC(C)CC(NC(=O)C(CC(=O)O)NC(=O)C(N)Cc1ccccc1)C(=O)NC(CCC(N)=O)C(=O)O. The Labute approximate surface area is 214 Å². The first-order valence-electron chi connectivity index (χ1n) is 11.7. The molecule has 4 amide bonds. The molecule has 0 radical (unpaired) electrons. The van der Waals surface area contributed by atoms with Crippen molar-refractivity contribution >= 4 is 35.6 Å². The number of benzene rings is 1. The van der Waals surface area contributed by atoms with Gasteiger partial charge in [0.15, 0.2) is 0 Å². The number of rotatable bonds is 16. The molecule has 37 heavy (non-hydrogen) atoms. The second-order valence-electron chi connectivity index (χ2n) is 9.05. The summed E-state index contributed by atoms with van der Waals surface area (Å²) in [6.45, 7) is 3.51. The predicted molar refractivity (Wildman–Crippen MR) is 132 cm³/mol. The Morgan fingerprint density at radius 2 is 1.38 bits per heavy atom. The average Bonchev–Trinajstić information content (AvgIpc) is 2.80. The van der Waals surface area contributed by atoms with Gasteiger partial charge in [-0.2, -0.15) is 0 Å². The molecule has 0 aliphatic heterocycles. The standard InChI is InChI=1S/C24H35N5O8/c1-13(2)10-17(22(34)27-16(24(36)37)8-9-19(26)30)29-23(35)18(12-20(31)32)28-21(33)15(25)11-14-6-4-3-5-7-14/h3-7,13,15-18H,8-12,25H2,1-2H3,(H2,26,30)(H,27,34)(H,28,33)(H,29,35)(H,31,32)(H,36,37). The first kappa shape index (κ1) is 31.0. The molecule has 4 atom stereocenters. The van der Waals surface area contributed by atoms with Gasteiger partial charge in [-0.25, -0.2) is 4.79 Å². The lowest BCUT2D eigenvalue weighted by Gasteiger charge is -2.25. The number of amides is 4. The Bertz CT molecular complexity index is 969. The molecule has 1 aromatic carbocycles. The molecule has 4 unspecified atom stereocenters. The summed E-state index contributed by atoms with van der Waals surface area (Å²) < 4.78 is 0. The number of carboxylic acid groups (broad SMARTS) is 2. The first-order valence-corrected chi connectivity index (χ1v) is 11.7. The molecule has 0 saturated heterocycles. The van der Waals surface area contributed by atoms with Crippen molar-refractivity contribution in [3.8, 4) is 0 Å². The van der Waals surface area contributed by atoms with Crippen molar-refractivity contribution < 1.29 is 39.0 Å². The highest BCUT2D eigenvalue weighted by Crippen LogP contribution is 2.09. The highest BCUT2D eigenvalue weighted by Gasteiger charge is 2.32. The van der Waals surface area contributed by atoms with E-state index in [1.807, 2.05) is 0 Å². The molecule has 0 heterocycles. The molecule has 13 heteroatoms. The highest BCUT2D eigenvalue weighted by molar-refractivity contribution is 5.95. The van der Waals surface area contributed by atoms with Crippen LogP contribution in [0.1, 0.15) is 45.1 Å². The highest BCUT2D eigenvalue weighted by atomic mass is 16.4. The van der Waals surface area contributed by atoms with E-state index in [0.717, 1.165) is 5.56 Å². The maximum absolute atomic E-state index is 12.9. The van der Waals surface area contributed by atoms with Gasteiger partial charge in [-0.1, -0.05) is 44.2 Å². The Balaban J connectivity index is 2.97. The molecule has 1 aromatic rings. The minimum atomic E-state index is -1.54. The van der Waals surface area contributed by atoms with Crippen LogP contribution in [0.3, 0.4) is 0 Å². The van der Waals surface area contributed by atoms with Crippen LogP contribution in [0.5, 0.6) is 0 Å². The van der Waals surface area contributed by atoms with Crippen molar-refractivity contribution in [2.24, 2.45) is 17.4 Å². The zero-order valence-electron chi connectivity index (χ0n) is 20.8. The summed E-state index contributed by atoms with van der Waals surface area (Å²) in [6, 6.07) is 3.57. The smallest absolute Gasteiger partial charge is 0.326 e. The van der Waals surface area contributed by atoms with E-state index in [4.69, 9.17) is 11.5 Å². The molecule has 0 saturated carbocycles. The third-order valence-corrected chi connectivity index (χ3v) is 5.28. The average molecular weight is 522 g/mol. The number of carboxylic acids is 2. The van der Waals surface area contributed by atoms with Gasteiger partial charge < -0.3 is 37.6 Å². The summed E-state index contributed by atoms with van der Waals surface area (Å²) in [6.07, 6.45) is -1.08. The van der Waals surface area contributed by atoms with Crippen LogP contribution in [0.4, 0.5) is 0 Å². The van der Waals surface area contributed by atoms with E-state index < -0.39 is 66.2 Å². The number of nitrogens with two attached hydrogens (primary N) is 2. The Hall–Kier alpha value is -4.00. The molecule has 0 bridgehead atoms. The first-order chi connectivity index (χ1) is 17.3. The predicted octanol–water partition coefficient (Wildman–Crippen LogP) is -1.12. The molecule has 13 nitrogen and oxygen atoms in total. The number of nitrogens with one attached hydrogen (secondary N) is 3. The van der Waals surface area contributed by atoms with Crippen LogP contribution >= 0.6 is 0 Å². The molecular formula is C24H35N5O8. The van der Waals surface area contributed by atoms with E-state index in [-0.39, 0.29) is 31.6 Å². The molecule has 0 aliphatic carbocycles. The van der Waals surface area contributed by atoms with Crippen molar-refractivity contribution in [3.05, 3.63) is 35.9 Å². The van der Waals surface area contributed by atoms with E-state index in [2.05, 4.69) is 16.0 Å². The fraction of sp³-hybridized carbons (Fsp3) is 0.500. The zero-order chi connectivity index (χ0) is 28.1. The molecule has 0 aromatic heterocycles. The van der Waals surface area contributed by atoms with Gasteiger partial charge in [0.2, 0.25) is 23.6 Å². The van der Waals surface area contributed by atoms with Crippen LogP contribution in [0.15, 0.2) is 30.3 Å². The van der Waals surface area contributed by atoms with Gasteiger partial charge in [-0.15, -0.1) is 0 Å². The monoisotopic (exact) mass is 521 g/mol. The van der Waals surface area contributed by atoms with Crippen LogP contribution < -0.4 is 27.4 Å². The molecule has 204 valence electrons. The molecule has 0 spiro atoms. The van der Waals surface area contributed by atoms with Gasteiger partial charge in [0.25, 0.3) is 0 Å². The summed E-state index contributed by atoms with van der Waals surface area (Å²) in [7, 11) is 0. The second-order valence-corrected chi connectivity index (χ2v) is 9.05. The number of carbonyl (C=O) groups excluding carboxylic acids is 4. The molecular weight excluding hydrogens is 486 g/mol. The minimum absolute atomic E-state index is 0.0843. The summed E-state index contributed by atoms with van der Waals surface area (Å²) in [5.74, 6) is -6.20. The number of carbonyl (C=O) groups is 6. The van der Waals surface area contributed by atoms with E-state index in [1.165, 1.54) is 0 Å². The zero-order valence-corrected chi connectivity index (χ0v) is 20.8. The normalized spacial score (nSPS) is 14.1. The van der Waals surface area contributed by atoms with Gasteiger partial charge >= 0.3 is 11.9 Å². The number of primary amides is 1. The van der Waals surface area contributed by atoms with Gasteiger partial charge in [-0.05, 0) is 30.7 Å². The van der Waals surface area contributed by atoms with Crippen molar-refractivity contribution in [2.75, 3.05) is 0 Å². The summed E-state index contributed by atoms with van der Waals surface area (Å²) in [4.78, 5) is 72.2. The van der Waals surface area contributed by atoms with E-state index in [0.29, 0.717) is 0 Å². The van der Waals surface area contributed by atoms with Crippen molar-refractivity contribution in [3.63, 3.8) is 0 Å². The maximum Gasteiger partial charge on any atom is 0.326 e. The largest absolute Gasteiger partial charge is 0.481 e. The van der Waals surface area contributed by atoms with Crippen molar-refractivity contribution in [1.29, 1.82) is 0 Å².